The largest absolute Gasteiger partial charge is 0.416 e. The Balaban J connectivity index is 1.77. The van der Waals surface area contributed by atoms with Crippen LogP contribution < -0.4 is 10.6 Å². The summed E-state index contributed by atoms with van der Waals surface area (Å²) in [6.07, 6.45) is -3.72. The number of hydrogen-bond acceptors (Lipinski definition) is 3. The van der Waals surface area contributed by atoms with E-state index >= 15 is 0 Å². The number of aryl methyl sites for hydroxylation is 1. The average Bonchev–Trinajstić information content (AvgIpc) is 2.96. The standard InChI is InChI=1S/C16H19F3N4O/c1-11-9-14(24-23-11)10-22-15(20-2)21-8-7-12-3-5-13(6-4-12)16(17,18)19/h3-6,9H,7-8,10H2,1-2H3,(H2,20,21,22). The highest BCUT2D eigenvalue weighted by Gasteiger charge is 2.29. The van der Waals surface area contributed by atoms with Crippen LogP contribution in [0.3, 0.4) is 0 Å². The van der Waals surface area contributed by atoms with E-state index in [1.54, 1.807) is 7.05 Å². The number of nitrogens with zero attached hydrogens (tertiary/aromatic N) is 2. The van der Waals surface area contributed by atoms with E-state index in [1.807, 2.05) is 13.0 Å². The average molecular weight is 340 g/mol. The molecule has 5 nitrogen and oxygen atoms in total. The fraction of sp³-hybridized carbons (Fsp3) is 0.375. The highest BCUT2D eigenvalue weighted by Crippen LogP contribution is 2.29. The van der Waals surface area contributed by atoms with Crippen molar-refractivity contribution in [2.75, 3.05) is 13.6 Å². The van der Waals surface area contributed by atoms with Crippen molar-refractivity contribution in [3.05, 3.63) is 52.9 Å². The molecule has 24 heavy (non-hydrogen) atoms. The Morgan fingerprint density at radius 1 is 1.21 bits per heavy atom. The number of halogens is 3. The topological polar surface area (TPSA) is 62.5 Å². The Hall–Kier alpha value is -2.51. The van der Waals surface area contributed by atoms with Gasteiger partial charge in [0.2, 0.25) is 0 Å². The Morgan fingerprint density at radius 2 is 1.92 bits per heavy atom. The highest BCUT2D eigenvalue weighted by molar-refractivity contribution is 5.79. The summed E-state index contributed by atoms with van der Waals surface area (Å²) in [4.78, 5) is 4.07. The second-order valence-electron chi connectivity index (χ2n) is 5.23. The van der Waals surface area contributed by atoms with Crippen molar-refractivity contribution in [1.29, 1.82) is 0 Å². The maximum Gasteiger partial charge on any atom is 0.416 e. The fourth-order valence-electron chi connectivity index (χ4n) is 2.08. The smallest absolute Gasteiger partial charge is 0.359 e. The van der Waals surface area contributed by atoms with Gasteiger partial charge in [0.25, 0.3) is 0 Å². The van der Waals surface area contributed by atoms with Crippen LogP contribution in [-0.4, -0.2) is 24.7 Å². The van der Waals surface area contributed by atoms with Crippen molar-refractivity contribution in [2.45, 2.75) is 26.1 Å². The maximum absolute atomic E-state index is 12.5. The third kappa shape index (κ3) is 5.29. The molecule has 2 aromatic rings. The van der Waals surface area contributed by atoms with Crippen LogP contribution in [-0.2, 0) is 19.1 Å². The van der Waals surface area contributed by atoms with Gasteiger partial charge in [0.1, 0.15) is 0 Å². The second-order valence-corrected chi connectivity index (χ2v) is 5.23. The molecule has 2 N–H and O–H groups in total. The van der Waals surface area contributed by atoms with Crippen LogP contribution in [0.2, 0.25) is 0 Å². The number of rotatable bonds is 5. The Morgan fingerprint density at radius 3 is 2.46 bits per heavy atom. The van der Waals surface area contributed by atoms with Crippen LogP contribution in [0, 0.1) is 6.92 Å². The molecule has 0 spiro atoms. The molecule has 0 bridgehead atoms. The molecule has 0 amide bonds. The number of aromatic nitrogens is 1. The minimum absolute atomic E-state index is 0.445. The molecule has 0 atom stereocenters. The zero-order valence-electron chi connectivity index (χ0n) is 13.4. The fourth-order valence-corrected chi connectivity index (χ4v) is 2.08. The lowest BCUT2D eigenvalue weighted by atomic mass is 10.1. The first-order valence-electron chi connectivity index (χ1n) is 7.41. The summed E-state index contributed by atoms with van der Waals surface area (Å²) in [5, 5.41) is 9.96. The monoisotopic (exact) mass is 340 g/mol. The summed E-state index contributed by atoms with van der Waals surface area (Å²) >= 11 is 0. The number of nitrogens with one attached hydrogen (secondary N) is 2. The normalized spacial score (nSPS) is 12.3. The molecule has 1 heterocycles. The van der Waals surface area contributed by atoms with Crippen molar-refractivity contribution >= 4 is 5.96 Å². The Labute approximate surface area is 138 Å². The van der Waals surface area contributed by atoms with E-state index in [4.69, 9.17) is 4.52 Å². The van der Waals surface area contributed by atoms with E-state index in [1.165, 1.54) is 12.1 Å². The first-order chi connectivity index (χ1) is 11.4. The van der Waals surface area contributed by atoms with Gasteiger partial charge in [-0.25, -0.2) is 0 Å². The minimum Gasteiger partial charge on any atom is -0.359 e. The van der Waals surface area contributed by atoms with E-state index in [0.29, 0.717) is 31.2 Å². The van der Waals surface area contributed by atoms with Crippen LogP contribution in [0.15, 0.2) is 39.8 Å². The minimum atomic E-state index is -4.30. The zero-order valence-corrected chi connectivity index (χ0v) is 13.4. The quantitative estimate of drug-likeness (QED) is 0.649. The maximum atomic E-state index is 12.5. The molecule has 0 fully saturated rings. The van der Waals surface area contributed by atoms with Gasteiger partial charge in [0.05, 0.1) is 17.8 Å². The first kappa shape index (κ1) is 17.8. The van der Waals surface area contributed by atoms with Gasteiger partial charge in [-0.3, -0.25) is 4.99 Å². The predicted octanol–water partition coefficient (Wildman–Crippen LogP) is 2.91. The van der Waals surface area contributed by atoms with Crippen LogP contribution in [0.5, 0.6) is 0 Å². The number of benzene rings is 1. The van der Waals surface area contributed by atoms with E-state index in [9.17, 15) is 13.2 Å². The van der Waals surface area contributed by atoms with E-state index < -0.39 is 11.7 Å². The number of aliphatic imine (C=N–C) groups is 1. The van der Waals surface area contributed by atoms with Gasteiger partial charge in [-0.1, -0.05) is 17.3 Å². The summed E-state index contributed by atoms with van der Waals surface area (Å²) in [6.45, 7) is 2.82. The molecule has 0 radical (unpaired) electrons. The third-order valence-corrected chi connectivity index (χ3v) is 3.32. The number of alkyl halides is 3. The molecule has 0 unspecified atom stereocenters. The summed E-state index contributed by atoms with van der Waals surface area (Å²) in [6, 6.07) is 6.97. The van der Waals surface area contributed by atoms with Crippen LogP contribution in [0.25, 0.3) is 0 Å². The molecule has 8 heteroatoms. The van der Waals surface area contributed by atoms with E-state index in [2.05, 4.69) is 20.8 Å². The lowest BCUT2D eigenvalue weighted by Gasteiger charge is -2.11. The van der Waals surface area contributed by atoms with Gasteiger partial charge in [0.15, 0.2) is 11.7 Å². The third-order valence-electron chi connectivity index (χ3n) is 3.32. The number of hydrogen-bond donors (Lipinski definition) is 2. The molecule has 130 valence electrons. The molecule has 0 saturated heterocycles. The van der Waals surface area contributed by atoms with Gasteiger partial charge in [-0.05, 0) is 31.0 Å². The lowest BCUT2D eigenvalue weighted by Crippen LogP contribution is -2.37. The molecule has 0 saturated carbocycles. The zero-order chi connectivity index (χ0) is 17.6. The van der Waals surface area contributed by atoms with Gasteiger partial charge in [-0.2, -0.15) is 13.2 Å². The number of guanidine groups is 1. The SMILES string of the molecule is CN=C(NCCc1ccc(C(F)(F)F)cc1)NCc1cc(C)no1. The van der Waals surface area contributed by atoms with Crippen molar-refractivity contribution in [2.24, 2.45) is 4.99 Å². The summed E-state index contributed by atoms with van der Waals surface area (Å²) in [5.41, 5.74) is 0.980. The molecule has 0 aliphatic heterocycles. The molecule has 1 aromatic carbocycles. The van der Waals surface area contributed by atoms with E-state index in [0.717, 1.165) is 23.4 Å². The van der Waals surface area contributed by atoms with Crippen molar-refractivity contribution < 1.29 is 17.7 Å². The second kappa shape index (κ2) is 7.85. The van der Waals surface area contributed by atoms with Crippen LogP contribution >= 0.6 is 0 Å². The first-order valence-corrected chi connectivity index (χ1v) is 7.41. The molecular weight excluding hydrogens is 321 g/mol. The van der Waals surface area contributed by atoms with Gasteiger partial charge < -0.3 is 15.2 Å². The molecular formula is C16H19F3N4O. The van der Waals surface area contributed by atoms with Crippen LogP contribution in [0.4, 0.5) is 13.2 Å². The summed E-state index contributed by atoms with van der Waals surface area (Å²) < 4.78 is 42.6. The van der Waals surface area contributed by atoms with Crippen molar-refractivity contribution in [1.82, 2.24) is 15.8 Å². The van der Waals surface area contributed by atoms with E-state index in [-0.39, 0.29) is 0 Å². The highest BCUT2D eigenvalue weighted by atomic mass is 19.4. The van der Waals surface area contributed by atoms with Gasteiger partial charge >= 0.3 is 6.18 Å². The Kier molecular flexibility index (Phi) is 5.83. The molecule has 1 aromatic heterocycles. The Bertz CT molecular complexity index is 677. The van der Waals surface area contributed by atoms with Crippen molar-refractivity contribution in [3.63, 3.8) is 0 Å². The summed E-state index contributed by atoms with van der Waals surface area (Å²) in [7, 11) is 1.64. The van der Waals surface area contributed by atoms with Crippen LogP contribution in [0.1, 0.15) is 22.6 Å². The van der Waals surface area contributed by atoms with Gasteiger partial charge in [-0.15, -0.1) is 0 Å². The summed E-state index contributed by atoms with van der Waals surface area (Å²) in [5.74, 6) is 1.27. The molecule has 0 aliphatic rings. The molecule has 2 rings (SSSR count). The van der Waals surface area contributed by atoms with Gasteiger partial charge in [0, 0.05) is 19.7 Å². The van der Waals surface area contributed by atoms with Crippen molar-refractivity contribution in [3.8, 4) is 0 Å². The molecule has 0 aliphatic carbocycles. The lowest BCUT2D eigenvalue weighted by molar-refractivity contribution is -0.137. The predicted molar refractivity (Wildman–Crippen MR) is 84.6 cm³/mol.